The van der Waals surface area contributed by atoms with Crippen LogP contribution in [0, 0.1) is 5.82 Å². The number of pyridine rings is 1. The van der Waals surface area contributed by atoms with Crippen LogP contribution in [0.3, 0.4) is 0 Å². The van der Waals surface area contributed by atoms with Crippen molar-refractivity contribution < 1.29 is 9.50 Å². The molecule has 28 heavy (non-hydrogen) atoms. The van der Waals surface area contributed by atoms with Gasteiger partial charge >= 0.3 is 0 Å². The molecule has 0 aliphatic rings. The van der Waals surface area contributed by atoms with Crippen molar-refractivity contribution in [3.05, 3.63) is 78.4 Å². The van der Waals surface area contributed by atoms with Gasteiger partial charge in [0.1, 0.15) is 17.4 Å². The van der Waals surface area contributed by atoms with Crippen LogP contribution in [-0.4, -0.2) is 26.6 Å². The largest absolute Gasteiger partial charge is 0.507 e. The van der Waals surface area contributed by atoms with Crippen LogP contribution in [0.1, 0.15) is 12.5 Å². The van der Waals surface area contributed by atoms with Gasteiger partial charge in [-0.3, -0.25) is 4.98 Å². The van der Waals surface area contributed by atoms with Gasteiger partial charge in [-0.05, 0) is 55.0 Å². The smallest absolute Gasteiger partial charge is 0.165 e. The average molecular weight is 374 g/mol. The number of anilines is 1. The van der Waals surface area contributed by atoms with Crippen molar-refractivity contribution in [3.63, 3.8) is 0 Å². The third kappa shape index (κ3) is 3.49. The summed E-state index contributed by atoms with van der Waals surface area (Å²) in [5.41, 5.74) is 2.23. The average Bonchev–Trinajstić information content (AvgIpc) is 2.72. The predicted octanol–water partition coefficient (Wildman–Crippen LogP) is 4.56. The number of hydrogen-bond donors (Lipinski definition) is 1. The van der Waals surface area contributed by atoms with Gasteiger partial charge in [-0.25, -0.2) is 14.4 Å². The van der Waals surface area contributed by atoms with Crippen LogP contribution in [0.4, 0.5) is 10.2 Å². The molecule has 4 aromatic rings. The minimum absolute atomic E-state index is 0.104. The van der Waals surface area contributed by atoms with E-state index in [9.17, 15) is 9.50 Å². The fraction of sp³-hybridized carbons (Fsp3) is 0.136. The van der Waals surface area contributed by atoms with Crippen molar-refractivity contribution in [2.75, 3.05) is 11.4 Å². The fourth-order valence-electron chi connectivity index (χ4n) is 3.15. The van der Waals surface area contributed by atoms with E-state index in [2.05, 4.69) is 14.9 Å². The Bertz CT molecular complexity index is 1120. The first-order chi connectivity index (χ1) is 13.7. The lowest BCUT2D eigenvalue weighted by Gasteiger charge is -2.24. The number of phenols is 1. The quantitative estimate of drug-likeness (QED) is 0.555. The topological polar surface area (TPSA) is 62.1 Å². The van der Waals surface area contributed by atoms with E-state index in [1.165, 1.54) is 12.1 Å². The van der Waals surface area contributed by atoms with Crippen LogP contribution in [0.5, 0.6) is 5.75 Å². The Morgan fingerprint density at radius 1 is 1.00 bits per heavy atom. The molecule has 0 amide bonds. The summed E-state index contributed by atoms with van der Waals surface area (Å²) in [7, 11) is 0. The predicted molar refractivity (Wildman–Crippen MR) is 108 cm³/mol. The second-order valence-electron chi connectivity index (χ2n) is 6.42. The van der Waals surface area contributed by atoms with Gasteiger partial charge in [0.15, 0.2) is 5.82 Å². The lowest BCUT2D eigenvalue weighted by atomic mass is 10.1. The molecule has 0 saturated carbocycles. The van der Waals surface area contributed by atoms with Crippen molar-refractivity contribution >= 4 is 16.7 Å². The molecule has 2 aromatic heterocycles. The van der Waals surface area contributed by atoms with Crippen LogP contribution < -0.4 is 4.90 Å². The number of rotatable bonds is 5. The van der Waals surface area contributed by atoms with Gasteiger partial charge < -0.3 is 10.0 Å². The summed E-state index contributed by atoms with van der Waals surface area (Å²) in [6.45, 7) is 3.29. The zero-order chi connectivity index (χ0) is 19.5. The van der Waals surface area contributed by atoms with Gasteiger partial charge in [-0.15, -0.1) is 0 Å². The standard InChI is InChI=1S/C22H19FN4O/c1-2-27(14-15-9-11-24-12-10-15)22-18-13-16(23)7-8-19(18)25-21(26-22)17-5-3-4-6-20(17)28/h3-13,28H,2,14H2,1H3. The summed E-state index contributed by atoms with van der Waals surface area (Å²) in [6, 6.07) is 15.3. The summed E-state index contributed by atoms with van der Waals surface area (Å²) >= 11 is 0. The Morgan fingerprint density at radius 3 is 2.54 bits per heavy atom. The molecule has 0 radical (unpaired) electrons. The molecular formula is C22H19FN4O. The summed E-state index contributed by atoms with van der Waals surface area (Å²) in [6.07, 6.45) is 3.49. The molecule has 0 unspecified atom stereocenters. The van der Waals surface area contributed by atoms with Gasteiger partial charge in [-0.2, -0.15) is 0 Å². The first-order valence-electron chi connectivity index (χ1n) is 9.05. The van der Waals surface area contributed by atoms with Crippen molar-refractivity contribution in [1.82, 2.24) is 15.0 Å². The third-order valence-corrected chi connectivity index (χ3v) is 4.59. The number of para-hydroxylation sites is 1. The molecule has 0 bridgehead atoms. The van der Waals surface area contributed by atoms with E-state index in [-0.39, 0.29) is 11.6 Å². The van der Waals surface area contributed by atoms with Crippen LogP contribution >= 0.6 is 0 Å². The molecule has 1 N–H and O–H groups in total. The third-order valence-electron chi connectivity index (χ3n) is 4.59. The zero-order valence-corrected chi connectivity index (χ0v) is 15.4. The van der Waals surface area contributed by atoms with Gasteiger partial charge in [0.2, 0.25) is 0 Å². The normalized spacial score (nSPS) is 10.9. The number of aromatic hydroxyl groups is 1. The Hall–Kier alpha value is -3.54. The Kier molecular flexibility index (Phi) is 4.85. The van der Waals surface area contributed by atoms with Crippen molar-refractivity contribution in [1.29, 1.82) is 0 Å². The highest BCUT2D eigenvalue weighted by atomic mass is 19.1. The van der Waals surface area contributed by atoms with E-state index < -0.39 is 0 Å². The number of phenolic OH excluding ortho intramolecular Hbond substituents is 1. The molecule has 0 atom stereocenters. The van der Waals surface area contributed by atoms with Gasteiger partial charge in [0.05, 0.1) is 11.1 Å². The lowest BCUT2D eigenvalue weighted by molar-refractivity contribution is 0.477. The van der Waals surface area contributed by atoms with Gasteiger partial charge in [0.25, 0.3) is 0 Å². The fourth-order valence-corrected chi connectivity index (χ4v) is 3.15. The summed E-state index contributed by atoms with van der Waals surface area (Å²) in [4.78, 5) is 15.4. The first kappa shape index (κ1) is 17.9. The maximum Gasteiger partial charge on any atom is 0.165 e. The second kappa shape index (κ2) is 7.60. The van der Waals surface area contributed by atoms with Crippen LogP contribution in [0.2, 0.25) is 0 Å². The molecule has 0 aliphatic heterocycles. The molecule has 2 heterocycles. The molecule has 0 aliphatic carbocycles. The van der Waals surface area contributed by atoms with Gasteiger partial charge in [-0.1, -0.05) is 12.1 Å². The van der Waals surface area contributed by atoms with Crippen molar-refractivity contribution in [2.45, 2.75) is 13.5 Å². The van der Waals surface area contributed by atoms with E-state index in [4.69, 9.17) is 4.98 Å². The van der Waals surface area contributed by atoms with E-state index in [0.717, 1.165) is 5.56 Å². The number of nitrogens with zero attached hydrogens (tertiary/aromatic N) is 4. The Labute approximate surface area is 162 Å². The first-order valence-corrected chi connectivity index (χ1v) is 9.05. The molecule has 5 nitrogen and oxygen atoms in total. The zero-order valence-electron chi connectivity index (χ0n) is 15.4. The maximum atomic E-state index is 14.0. The highest BCUT2D eigenvalue weighted by Gasteiger charge is 2.17. The molecule has 6 heteroatoms. The van der Waals surface area contributed by atoms with E-state index in [1.807, 2.05) is 25.1 Å². The van der Waals surface area contributed by atoms with Crippen molar-refractivity contribution in [3.8, 4) is 17.1 Å². The Morgan fingerprint density at radius 2 is 1.79 bits per heavy atom. The highest BCUT2D eigenvalue weighted by Crippen LogP contribution is 2.32. The van der Waals surface area contributed by atoms with E-state index in [1.54, 1.807) is 36.7 Å². The summed E-state index contributed by atoms with van der Waals surface area (Å²) < 4.78 is 14.0. The molecule has 0 saturated heterocycles. The highest BCUT2D eigenvalue weighted by molar-refractivity contribution is 5.91. The summed E-state index contributed by atoms with van der Waals surface area (Å²) in [5.74, 6) is 0.794. The Balaban J connectivity index is 1.89. The minimum Gasteiger partial charge on any atom is -0.507 e. The molecule has 140 valence electrons. The monoisotopic (exact) mass is 374 g/mol. The van der Waals surface area contributed by atoms with Gasteiger partial charge in [0, 0.05) is 30.9 Å². The summed E-state index contributed by atoms with van der Waals surface area (Å²) in [5, 5.41) is 10.9. The number of hydrogen-bond acceptors (Lipinski definition) is 5. The van der Waals surface area contributed by atoms with E-state index in [0.29, 0.717) is 41.2 Å². The van der Waals surface area contributed by atoms with E-state index >= 15 is 0 Å². The molecular weight excluding hydrogens is 355 g/mol. The number of benzene rings is 2. The molecule has 2 aromatic carbocycles. The molecule has 4 rings (SSSR count). The van der Waals surface area contributed by atoms with Crippen LogP contribution in [0.25, 0.3) is 22.3 Å². The van der Waals surface area contributed by atoms with Crippen LogP contribution in [-0.2, 0) is 6.54 Å². The lowest BCUT2D eigenvalue weighted by Crippen LogP contribution is -2.24. The number of aromatic nitrogens is 3. The molecule has 0 spiro atoms. The SMILES string of the molecule is CCN(Cc1ccncc1)c1nc(-c2ccccc2O)nc2ccc(F)cc12. The van der Waals surface area contributed by atoms with Crippen LogP contribution in [0.15, 0.2) is 67.0 Å². The number of halogens is 1. The number of fused-ring (bicyclic) bond motifs is 1. The van der Waals surface area contributed by atoms with Crippen molar-refractivity contribution in [2.24, 2.45) is 0 Å². The molecule has 0 fully saturated rings. The minimum atomic E-state index is -0.340. The maximum absolute atomic E-state index is 14.0. The second-order valence-corrected chi connectivity index (χ2v) is 6.42.